The predicted molar refractivity (Wildman–Crippen MR) is 177 cm³/mol. The largest absolute Gasteiger partial charge is 0.383 e. The molecular formula is C34H32N12. The molecular weight excluding hydrogens is 576 g/mol. The summed E-state index contributed by atoms with van der Waals surface area (Å²) in [4.78, 5) is 34.5. The van der Waals surface area contributed by atoms with Gasteiger partial charge in [-0.1, -0.05) is 12.1 Å². The quantitative estimate of drug-likeness (QED) is 0.260. The lowest BCUT2D eigenvalue weighted by Crippen LogP contribution is -2.38. The summed E-state index contributed by atoms with van der Waals surface area (Å²) >= 11 is 0. The molecule has 12 nitrogen and oxygen atoms in total. The average molecular weight is 609 g/mol. The number of hydrogen-bond donors (Lipinski definition) is 2. The zero-order valence-corrected chi connectivity index (χ0v) is 25.2. The van der Waals surface area contributed by atoms with Crippen LogP contribution in [0.4, 0.5) is 11.6 Å². The lowest BCUT2D eigenvalue weighted by atomic mass is 10.0. The lowest BCUT2D eigenvalue weighted by Gasteiger charge is -2.32. The van der Waals surface area contributed by atoms with Crippen molar-refractivity contribution in [2.75, 3.05) is 24.1 Å². The summed E-state index contributed by atoms with van der Waals surface area (Å²) in [5.41, 5.74) is 12.4. The number of likely N-dealkylation sites (tertiary alicyclic amines) is 1. The number of fused-ring (bicyclic) bond motifs is 1. The molecule has 3 N–H and O–H groups in total. The van der Waals surface area contributed by atoms with Gasteiger partial charge in [0.05, 0.1) is 17.5 Å². The van der Waals surface area contributed by atoms with E-state index in [0.29, 0.717) is 29.4 Å². The van der Waals surface area contributed by atoms with Gasteiger partial charge in [-0.15, -0.1) is 0 Å². The van der Waals surface area contributed by atoms with Crippen LogP contribution in [0.15, 0.2) is 77.0 Å². The molecule has 1 atom stereocenters. The first kappa shape index (κ1) is 28.0. The Labute approximate surface area is 265 Å². The fourth-order valence-electron chi connectivity index (χ4n) is 6.19. The minimum atomic E-state index is 0.0220. The summed E-state index contributed by atoms with van der Waals surface area (Å²) in [6.45, 7) is 2.79. The molecule has 12 heteroatoms. The third-order valence-corrected chi connectivity index (χ3v) is 8.81. The fourth-order valence-corrected chi connectivity index (χ4v) is 6.19. The van der Waals surface area contributed by atoms with E-state index in [1.807, 2.05) is 42.6 Å². The molecule has 1 aromatic carbocycles. The number of anilines is 2. The number of benzene rings is 1. The van der Waals surface area contributed by atoms with Gasteiger partial charge in [0.1, 0.15) is 35.1 Å². The van der Waals surface area contributed by atoms with Gasteiger partial charge in [-0.3, -0.25) is 19.5 Å². The van der Waals surface area contributed by atoms with E-state index in [0.717, 1.165) is 66.3 Å². The molecule has 0 radical (unpaired) electrons. The predicted octanol–water partition coefficient (Wildman–Crippen LogP) is 4.41. The highest BCUT2D eigenvalue weighted by Crippen LogP contribution is 2.36. The van der Waals surface area contributed by atoms with E-state index in [1.165, 1.54) is 18.4 Å². The first-order valence-electron chi connectivity index (χ1n) is 15.6. The smallest absolute Gasteiger partial charge is 0.234 e. The molecule has 0 bridgehead atoms. The van der Waals surface area contributed by atoms with Crippen LogP contribution in [0.5, 0.6) is 0 Å². The normalized spacial score (nSPS) is 18.5. The number of nitrogens with zero attached hydrogens (tertiary/aromatic N) is 10. The molecule has 6 heterocycles. The Kier molecular flexibility index (Phi) is 7.15. The summed E-state index contributed by atoms with van der Waals surface area (Å²) in [7, 11) is 0. The third kappa shape index (κ3) is 5.57. The second-order valence-corrected chi connectivity index (χ2v) is 12.0. The highest BCUT2D eigenvalue weighted by atomic mass is 15.2. The van der Waals surface area contributed by atoms with E-state index in [1.54, 1.807) is 12.4 Å². The van der Waals surface area contributed by atoms with E-state index in [4.69, 9.17) is 26.0 Å². The van der Waals surface area contributed by atoms with Crippen molar-refractivity contribution >= 4 is 34.7 Å². The van der Waals surface area contributed by atoms with Gasteiger partial charge < -0.3 is 11.1 Å². The third-order valence-electron chi connectivity index (χ3n) is 8.81. The van der Waals surface area contributed by atoms with Crippen LogP contribution in [0.3, 0.4) is 0 Å². The molecule has 1 aliphatic carbocycles. The number of aromatic nitrogens is 6. The van der Waals surface area contributed by atoms with Crippen molar-refractivity contribution in [2.45, 2.75) is 44.4 Å². The lowest BCUT2D eigenvalue weighted by molar-refractivity contribution is 0.211. The molecule has 0 amide bonds. The Morgan fingerprint density at radius 2 is 1.76 bits per heavy atom. The summed E-state index contributed by atoms with van der Waals surface area (Å²) < 4.78 is 2.06. The van der Waals surface area contributed by atoms with Crippen molar-refractivity contribution in [2.24, 2.45) is 15.9 Å². The molecule has 1 unspecified atom stereocenters. The molecule has 1 saturated carbocycles. The average Bonchev–Trinajstić information content (AvgIpc) is 3.70. The first-order valence-corrected chi connectivity index (χ1v) is 15.6. The Morgan fingerprint density at radius 1 is 0.913 bits per heavy atom. The van der Waals surface area contributed by atoms with Gasteiger partial charge in [0.2, 0.25) is 5.82 Å². The number of hydrogen-bond acceptors (Lipinski definition) is 11. The molecule has 8 rings (SSSR count). The highest BCUT2D eigenvalue weighted by Gasteiger charge is 2.33. The Hall–Kier alpha value is -5.54. The van der Waals surface area contributed by atoms with Gasteiger partial charge in [0.15, 0.2) is 11.5 Å². The molecule has 0 spiro atoms. The Morgan fingerprint density at radius 3 is 2.54 bits per heavy atom. The molecule has 2 aliphatic heterocycles. The number of nitrogens with two attached hydrogens (primary N) is 1. The number of pyridine rings is 2. The van der Waals surface area contributed by atoms with Gasteiger partial charge in [0.25, 0.3) is 0 Å². The van der Waals surface area contributed by atoms with Gasteiger partial charge in [0, 0.05) is 49.7 Å². The zero-order valence-electron chi connectivity index (χ0n) is 25.2. The second-order valence-electron chi connectivity index (χ2n) is 12.0. The summed E-state index contributed by atoms with van der Waals surface area (Å²) in [6, 6.07) is 20.5. The maximum Gasteiger partial charge on any atom is 0.234 e. The number of nitriles is 1. The highest BCUT2D eigenvalue weighted by molar-refractivity contribution is 6.38. The molecule has 46 heavy (non-hydrogen) atoms. The standard InChI is InChI=1S/C34H32N12/c35-18-30-37-15-11-29(44-30)40-23-12-16-45(17-13-23)20-21-3-7-24(8-4-21)46-33(25-2-1-14-38-31(25)36)43-27-10-9-26(42-34(27)46)28-19-39-32(41-28)22-5-6-22/h1-4,7-11,14-15,19,22-23,32H,5-6,12-13,16-17,20H2,(H2,36,38)(H,37,40,44). The Balaban J connectivity index is 1.03. The zero-order chi connectivity index (χ0) is 31.0. The van der Waals surface area contributed by atoms with Crippen molar-refractivity contribution in [3.05, 3.63) is 84.1 Å². The van der Waals surface area contributed by atoms with Gasteiger partial charge >= 0.3 is 0 Å². The number of imidazole rings is 1. The molecule has 228 valence electrons. The maximum absolute atomic E-state index is 9.08. The molecule has 2 fully saturated rings. The number of rotatable bonds is 8. The van der Waals surface area contributed by atoms with Crippen LogP contribution in [0, 0.1) is 17.2 Å². The van der Waals surface area contributed by atoms with Crippen molar-refractivity contribution in [1.29, 1.82) is 5.26 Å². The van der Waals surface area contributed by atoms with Crippen LogP contribution in [-0.2, 0) is 6.54 Å². The van der Waals surface area contributed by atoms with Crippen molar-refractivity contribution in [1.82, 2.24) is 34.4 Å². The minimum absolute atomic E-state index is 0.0220. The SMILES string of the molecule is N#Cc1nccc(NC2CCN(Cc3ccc(-n4c(-c5cccnc5N)nc5ccc(C6=NC(C7CC7)N=C6)nc54)cc3)CC2)n1. The number of nitrogens with one attached hydrogen (secondary N) is 1. The van der Waals surface area contributed by atoms with Crippen LogP contribution >= 0.6 is 0 Å². The van der Waals surface area contributed by atoms with Gasteiger partial charge in [-0.25, -0.2) is 24.9 Å². The fraction of sp³-hybridized carbons (Fsp3) is 0.294. The van der Waals surface area contributed by atoms with E-state index in [9.17, 15) is 0 Å². The molecule has 3 aliphatic rings. The molecule has 5 aromatic rings. The number of nitrogen functional groups attached to an aromatic ring is 1. The first-order chi connectivity index (χ1) is 22.6. The second kappa shape index (κ2) is 11.8. The van der Waals surface area contributed by atoms with Crippen molar-refractivity contribution in [3.63, 3.8) is 0 Å². The molecule has 4 aromatic heterocycles. The van der Waals surface area contributed by atoms with Crippen LogP contribution in [0.2, 0.25) is 0 Å². The minimum Gasteiger partial charge on any atom is -0.383 e. The number of aliphatic imine (C=N–C) groups is 2. The van der Waals surface area contributed by atoms with Crippen molar-refractivity contribution in [3.8, 4) is 23.1 Å². The van der Waals surface area contributed by atoms with Crippen LogP contribution < -0.4 is 11.1 Å². The summed E-state index contributed by atoms with van der Waals surface area (Å²) in [5, 5.41) is 12.5. The maximum atomic E-state index is 9.08. The number of piperidine rings is 1. The molecule has 1 saturated heterocycles. The van der Waals surface area contributed by atoms with Crippen LogP contribution in [0.25, 0.3) is 28.2 Å². The van der Waals surface area contributed by atoms with Gasteiger partial charge in [-0.05, 0) is 73.7 Å². The topological polar surface area (TPSA) is 159 Å². The van der Waals surface area contributed by atoms with E-state index in [-0.39, 0.29) is 12.0 Å². The summed E-state index contributed by atoms with van der Waals surface area (Å²) in [5.74, 6) is 2.55. The van der Waals surface area contributed by atoms with Crippen molar-refractivity contribution < 1.29 is 0 Å². The van der Waals surface area contributed by atoms with E-state index in [2.05, 4.69) is 59.0 Å². The van der Waals surface area contributed by atoms with Gasteiger partial charge in [-0.2, -0.15) is 5.26 Å². The Bertz CT molecular complexity index is 2010. The summed E-state index contributed by atoms with van der Waals surface area (Å²) in [6.07, 6.45) is 9.54. The van der Waals surface area contributed by atoms with Crippen LogP contribution in [-0.4, -0.2) is 71.6 Å². The van der Waals surface area contributed by atoms with E-state index < -0.39 is 0 Å². The van der Waals surface area contributed by atoms with Crippen LogP contribution in [0.1, 0.15) is 42.8 Å². The van der Waals surface area contributed by atoms with E-state index >= 15 is 0 Å². The monoisotopic (exact) mass is 608 g/mol.